The summed E-state index contributed by atoms with van der Waals surface area (Å²) in [4.78, 5) is 0. The van der Waals surface area contributed by atoms with Gasteiger partial charge in [0.25, 0.3) is 0 Å². The van der Waals surface area contributed by atoms with Crippen molar-refractivity contribution in [1.29, 1.82) is 0 Å². The highest BCUT2D eigenvalue weighted by Gasteiger charge is 1.95. The van der Waals surface area contributed by atoms with E-state index in [0.717, 1.165) is 45.6 Å². The van der Waals surface area contributed by atoms with Gasteiger partial charge in [0.15, 0.2) is 0 Å². The maximum atomic E-state index is 8.33. The Bertz CT molecular complexity index is 196. The minimum Gasteiger partial charge on any atom is -0.409 e. The van der Waals surface area contributed by atoms with Gasteiger partial charge in [-0.3, -0.25) is 0 Å². The third-order valence-corrected chi connectivity index (χ3v) is 2.43. The SMILES string of the molecule is CC(C)CCOCCNCCCCC(N)=NO. The number of unbranched alkanes of at least 4 members (excludes halogenated alkanes) is 1. The van der Waals surface area contributed by atoms with Crippen LogP contribution in [0.5, 0.6) is 0 Å². The lowest BCUT2D eigenvalue weighted by Gasteiger charge is -2.07. The lowest BCUT2D eigenvalue weighted by Crippen LogP contribution is -2.21. The molecule has 5 heteroatoms. The number of hydrogen-bond donors (Lipinski definition) is 3. The topological polar surface area (TPSA) is 79.9 Å². The molecule has 5 nitrogen and oxygen atoms in total. The third-order valence-electron chi connectivity index (χ3n) is 2.43. The van der Waals surface area contributed by atoms with Crippen molar-refractivity contribution in [2.75, 3.05) is 26.3 Å². The van der Waals surface area contributed by atoms with E-state index in [-0.39, 0.29) is 0 Å². The fourth-order valence-corrected chi connectivity index (χ4v) is 1.30. The largest absolute Gasteiger partial charge is 0.409 e. The van der Waals surface area contributed by atoms with Crippen molar-refractivity contribution in [3.63, 3.8) is 0 Å². The summed E-state index contributed by atoms with van der Waals surface area (Å²) in [6.07, 6.45) is 3.75. The molecule has 0 bridgehead atoms. The fourth-order valence-electron chi connectivity index (χ4n) is 1.30. The molecule has 0 amide bonds. The van der Waals surface area contributed by atoms with Crippen LogP contribution >= 0.6 is 0 Å². The number of nitrogens with one attached hydrogen (secondary N) is 1. The van der Waals surface area contributed by atoms with Gasteiger partial charge in [-0.1, -0.05) is 19.0 Å². The van der Waals surface area contributed by atoms with E-state index in [1.807, 2.05) is 0 Å². The lowest BCUT2D eigenvalue weighted by atomic mass is 10.1. The Morgan fingerprint density at radius 3 is 2.71 bits per heavy atom. The molecule has 0 saturated carbocycles. The predicted molar refractivity (Wildman–Crippen MR) is 70.4 cm³/mol. The van der Waals surface area contributed by atoms with Crippen LogP contribution in [0.15, 0.2) is 5.16 Å². The second-order valence-electron chi connectivity index (χ2n) is 4.59. The maximum Gasteiger partial charge on any atom is 0.139 e. The van der Waals surface area contributed by atoms with Crippen molar-refractivity contribution in [2.45, 2.75) is 39.5 Å². The number of nitrogens with zero attached hydrogens (tertiary/aromatic N) is 1. The van der Waals surface area contributed by atoms with Gasteiger partial charge in [-0.2, -0.15) is 0 Å². The Morgan fingerprint density at radius 2 is 2.06 bits per heavy atom. The zero-order valence-electron chi connectivity index (χ0n) is 11.1. The van der Waals surface area contributed by atoms with Crippen LogP contribution in [-0.4, -0.2) is 37.3 Å². The summed E-state index contributed by atoms with van der Waals surface area (Å²) in [6.45, 7) is 7.86. The number of nitrogens with two attached hydrogens (primary N) is 1. The fraction of sp³-hybridized carbons (Fsp3) is 0.917. The molecule has 4 N–H and O–H groups in total. The summed E-state index contributed by atoms with van der Waals surface area (Å²) < 4.78 is 5.47. The summed E-state index contributed by atoms with van der Waals surface area (Å²) in [7, 11) is 0. The molecule has 0 aromatic rings. The van der Waals surface area contributed by atoms with Crippen LogP contribution < -0.4 is 11.1 Å². The van der Waals surface area contributed by atoms with E-state index >= 15 is 0 Å². The van der Waals surface area contributed by atoms with Crippen molar-refractivity contribution >= 4 is 5.84 Å². The quantitative estimate of drug-likeness (QED) is 0.170. The van der Waals surface area contributed by atoms with Gasteiger partial charge in [-0.25, -0.2) is 0 Å². The van der Waals surface area contributed by atoms with Gasteiger partial charge in [-0.05, 0) is 31.7 Å². The summed E-state index contributed by atoms with van der Waals surface area (Å²) in [5.41, 5.74) is 5.35. The number of rotatable bonds is 11. The standard InChI is InChI=1S/C12H27N3O2/c1-11(2)6-9-17-10-8-14-7-4-3-5-12(13)15-16/h11,14,16H,3-10H2,1-2H3,(H2,13,15). The Morgan fingerprint density at radius 1 is 1.29 bits per heavy atom. The molecule has 0 saturated heterocycles. The average molecular weight is 245 g/mol. The predicted octanol–water partition coefficient (Wildman–Crippen LogP) is 1.56. The first-order valence-electron chi connectivity index (χ1n) is 6.41. The minimum atomic E-state index is 0.307. The smallest absolute Gasteiger partial charge is 0.139 e. The molecule has 0 spiro atoms. The van der Waals surface area contributed by atoms with Crippen molar-refractivity contribution < 1.29 is 9.94 Å². The van der Waals surface area contributed by atoms with Crippen LogP contribution in [0.1, 0.15) is 39.5 Å². The third kappa shape index (κ3) is 13.1. The van der Waals surface area contributed by atoms with Crippen molar-refractivity contribution in [1.82, 2.24) is 5.32 Å². The molecule has 0 atom stereocenters. The highest BCUT2D eigenvalue weighted by Crippen LogP contribution is 1.98. The van der Waals surface area contributed by atoms with Crippen LogP contribution in [0.4, 0.5) is 0 Å². The van der Waals surface area contributed by atoms with Gasteiger partial charge >= 0.3 is 0 Å². The lowest BCUT2D eigenvalue weighted by molar-refractivity contribution is 0.125. The highest BCUT2D eigenvalue weighted by molar-refractivity contribution is 5.79. The molecule has 102 valence electrons. The normalized spacial score (nSPS) is 12.3. The second kappa shape index (κ2) is 11.7. The van der Waals surface area contributed by atoms with E-state index < -0.39 is 0 Å². The first kappa shape index (κ1) is 16.2. The van der Waals surface area contributed by atoms with Gasteiger partial charge in [0.1, 0.15) is 5.84 Å². The first-order valence-corrected chi connectivity index (χ1v) is 6.41. The van der Waals surface area contributed by atoms with Gasteiger partial charge < -0.3 is 21.0 Å². The van der Waals surface area contributed by atoms with Crippen LogP contribution in [-0.2, 0) is 4.74 Å². The van der Waals surface area contributed by atoms with E-state index in [1.165, 1.54) is 0 Å². The molecule has 0 rings (SSSR count). The molecule has 0 aliphatic carbocycles. The Hall–Kier alpha value is -0.810. The monoisotopic (exact) mass is 245 g/mol. The highest BCUT2D eigenvalue weighted by atomic mass is 16.5. The van der Waals surface area contributed by atoms with Gasteiger partial charge in [0.05, 0.1) is 6.61 Å². The molecule has 0 heterocycles. The molecule has 0 aromatic carbocycles. The molecule has 0 radical (unpaired) electrons. The van der Waals surface area contributed by atoms with E-state index in [4.69, 9.17) is 15.7 Å². The van der Waals surface area contributed by atoms with E-state index in [1.54, 1.807) is 0 Å². The molecule has 0 aliphatic heterocycles. The van der Waals surface area contributed by atoms with Gasteiger partial charge in [0, 0.05) is 19.6 Å². The number of hydrogen-bond acceptors (Lipinski definition) is 4. The maximum absolute atomic E-state index is 8.33. The van der Waals surface area contributed by atoms with Crippen LogP contribution in [0.3, 0.4) is 0 Å². The molecule has 0 unspecified atom stereocenters. The van der Waals surface area contributed by atoms with Crippen molar-refractivity contribution in [2.24, 2.45) is 16.8 Å². The van der Waals surface area contributed by atoms with Crippen LogP contribution in [0.25, 0.3) is 0 Å². The molecule has 0 aromatic heterocycles. The van der Waals surface area contributed by atoms with Crippen molar-refractivity contribution in [3.05, 3.63) is 0 Å². The Labute approximate surface area is 104 Å². The van der Waals surface area contributed by atoms with E-state index in [9.17, 15) is 0 Å². The molecular weight excluding hydrogens is 218 g/mol. The molecule has 0 aliphatic rings. The van der Waals surface area contributed by atoms with Gasteiger partial charge in [-0.15, -0.1) is 0 Å². The number of ether oxygens (including phenoxy) is 1. The van der Waals surface area contributed by atoms with Crippen LogP contribution in [0, 0.1) is 5.92 Å². The van der Waals surface area contributed by atoms with Gasteiger partial charge in [0.2, 0.25) is 0 Å². The zero-order valence-corrected chi connectivity index (χ0v) is 11.1. The Balaban J connectivity index is 3.04. The molecular formula is C12H27N3O2. The summed E-state index contributed by atoms with van der Waals surface area (Å²) in [6, 6.07) is 0. The average Bonchev–Trinajstić information content (AvgIpc) is 2.30. The zero-order chi connectivity index (χ0) is 12.9. The number of amidine groups is 1. The summed E-state index contributed by atoms with van der Waals surface area (Å²) in [5, 5.41) is 14.5. The molecule has 0 fully saturated rings. The second-order valence-corrected chi connectivity index (χ2v) is 4.59. The molecule has 17 heavy (non-hydrogen) atoms. The summed E-state index contributed by atoms with van der Waals surface area (Å²) >= 11 is 0. The number of oxime groups is 1. The van der Waals surface area contributed by atoms with E-state index in [2.05, 4.69) is 24.3 Å². The summed E-state index contributed by atoms with van der Waals surface area (Å²) in [5.74, 6) is 1.02. The van der Waals surface area contributed by atoms with E-state index in [0.29, 0.717) is 18.2 Å². The van der Waals surface area contributed by atoms with Crippen LogP contribution in [0.2, 0.25) is 0 Å². The first-order chi connectivity index (χ1) is 8.16. The minimum absolute atomic E-state index is 0.307. The Kier molecular flexibility index (Phi) is 11.1. The van der Waals surface area contributed by atoms with Crippen molar-refractivity contribution in [3.8, 4) is 0 Å².